The molecule has 0 saturated carbocycles. The van der Waals surface area contributed by atoms with Gasteiger partial charge >= 0.3 is 11.9 Å². The molecule has 1 saturated heterocycles. The van der Waals surface area contributed by atoms with Crippen LogP contribution in [0.5, 0.6) is 5.75 Å². The zero-order chi connectivity index (χ0) is 31.7. The van der Waals surface area contributed by atoms with Crippen molar-refractivity contribution in [1.82, 2.24) is 15.5 Å². The summed E-state index contributed by atoms with van der Waals surface area (Å²) in [5, 5.41) is 5.91. The van der Waals surface area contributed by atoms with E-state index in [-0.39, 0.29) is 31.9 Å². The van der Waals surface area contributed by atoms with E-state index in [1.165, 1.54) is 0 Å². The maximum absolute atomic E-state index is 13.6. The second-order valence-corrected chi connectivity index (χ2v) is 10.9. The summed E-state index contributed by atoms with van der Waals surface area (Å²) in [4.78, 5) is 52.8. The molecule has 4 N–H and O–H groups in total. The minimum Gasteiger partial charge on any atom is -0.497 e. The average Bonchev–Trinajstić information content (AvgIpc) is 3.03. The van der Waals surface area contributed by atoms with Crippen LogP contribution < -0.4 is 21.1 Å². The standard InChI is InChI=1S/C33H46N4O7/c1-3-43-32(40)21-30(38)36-28(15-16-31(39)37-17-8-5-9-18-37)33(41)44-29(27(34)20-24-11-6-4-7-12-24)23-35-22-25-13-10-14-26(19-25)42-2/h4,6-7,10-14,19,27-29,35H,3,5,8-9,15-18,20-23,34H2,1-2H3,(H,36,38)/t27?,28-,29?/m1/s1. The largest absolute Gasteiger partial charge is 0.497 e. The monoisotopic (exact) mass is 610 g/mol. The predicted molar refractivity (Wildman–Crippen MR) is 166 cm³/mol. The molecule has 44 heavy (non-hydrogen) atoms. The first-order valence-electron chi connectivity index (χ1n) is 15.4. The zero-order valence-corrected chi connectivity index (χ0v) is 25.8. The van der Waals surface area contributed by atoms with Gasteiger partial charge in [0.25, 0.3) is 0 Å². The number of carbonyl (C=O) groups is 4. The van der Waals surface area contributed by atoms with Gasteiger partial charge in [-0.2, -0.15) is 0 Å². The van der Waals surface area contributed by atoms with E-state index in [4.69, 9.17) is 19.9 Å². The first-order chi connectivity index (χ1) is 21.3. The second-order valence-electron chi connectivity index (χ2n) is 10.9. The maximum atomic E-state index is 13.6. The molecule has 3 rings (SSSR count). The molecule has 2 aromatic carbocycles. The fourth-order valence-corrected chi connectivity index (χ4v) is 5.08. The minimum atomic E-state index is -1.14. The number of hydrogen-bond acceptors (Lipinski definition) is 9. The van der Waals surface area contributed by atoms with Crippen molar-refractivity contribution in [2.45, 2.75) is 76.6 Å². The van der Waals surface area contributed by atoms with Crippen molar-refractivity contribution in [2.24, 2.45) is 5.73 Å². The van der Waals surface area contributed by atoms with Crippen LogP contribution in [0, 0.1) is 0 Å². The molecule has 2 aromatic rings. The highest BCUT2D eigenvalue weighted by atomic mass is 16.5. The van der Waals surface area contributed by atoms with Crippen molar-refractivity contribution < 1.29 is 33.4 Å². The Balaban J connectivity index is 1.71. The number of likely N-dealkylation sites (tertiary alicyclic amines) is 1. The summed E-state index contributed by atoms with van der Waals surface area (Å²) in [5.74, 6) is -1.46. The molecule has 0 aromatic heterocycles. The quantitative estimate of drug-likeness (QED) is 0.181. The fraction of sp³-hybridized carbons (Fsp3) is 0.515. The predicted octanol–water partition coefficient (Wildman–Crippen LogP) is 2.50. The van der Waals surface area contributed by atoms with Gasteiger partial charge in [0.05, 0.1) is 13.7 Å². The van der Waals surface area contributed by atoms with Crippen LogP contribution in [0.3, 0.4) is 0 Å². The Morgan fingerprint density at radius 1 is 0.977 bits per heavy atom. The minimum absolute atomic E-state index is 0.0284. The molecule has 1 fully saturated rings. The Morgan fingerprint density at radius 2 is 1.70 bits per heavy atom. The summed E-state index contributed by atoms with van der Waals surface area (Å²) in [6.07, 6.45) is 2.20. The number of rotatable bonds is 17. The fourth-order valence-electron chi connectivity index (χ4n) is 5.08. The van der Waals surface area contributed by atoms with Crippen LogP contribution in [-0.2, 0) is 41.6 Å². The molecule has 1 heterocycles. The van der Waals surface area contributed by atoms with Crippen molar-refractivity contribution in [1.29, 1.82) is 0 Å². The number of piperidine rings is 1. The Labute approximate surface area is 259 Å². The average molecular weight is 611 g/mol. The highest BCUT2D eigenvalue weighted by Gasteiger charge is 2.30. The van der Waals surface area contributed by atoms with Gasteiger partial charge < -0.3 is 35.5 Å². The Kier molecular flexibility index (Phi) is 14.6. The number of amides is 2. The van der Waals surface area contributed by atoms with Gasteiger partial charge in [-0.15, -0.1) is 0 Å². The molecule has 3 atom stereocenters. The van der Waals surface area contributed by atoms with Crippen molar-refractivity contribution in [3.63, 3.8) is 0 Å². The van der Waals surface area contributed by atoms with E-state index < -0.39 is 42.5 Å². The third-order valence-electron chi connectivity index (χ3n) is 7.45. The summed E-state index contributed by atoms with van der Waals surface area (Å²) < 4.78 is 16.1. The van der Waals surface area contributed by atoms with E-state index in [1.807, 2.05) is 54.6 Å². The van der Waals surface area contributed by atoms with E-state index >= 15 is 0 Å². The summed E-state index contributed by atoms with van der Waals surface area (Å²) >= 11 is 0. The second kappa shape index (κ2) is 18.6. The van der Waals surface area contributed by atoms with Crippen molar-refractivity contribution in [3.05, 3.63) is 65.7 Å². The van der Waals surface area contributed by atoms with Crippen molar-refractivity contribution in [3.8, 4) is 5.75 Å². The maximum Gasteiger partial charge on any atom is 0.329 e. The van der Waals surface area contributed by atoms with Crippen molar-refractivity contribution in [2.75, 3.05) is 33.4 Å². The Bertz CT molecular complexity index is 1200. The van der Waals surface area contributed by atoms with Crippen LogP contribution in [0.2, 0.25) is 0 Å². The highest BCUT2D eigenvalue weighted by Crippen LogP contribution is 2.15. The number of methoxy groups -OCH3 is 1. The first-order valence-corrected chi connectivity index (χ1v) is 15.4. The number of benzene rings is 2. The number of esters is 2. The van der Waals surface area contributed by atoms with Crippen LogP contribution in [-0.4, -0.2) is 80.2 Å². The number of nitrogens with zero attached hydrogens (tertiary/aromatic N) is 1. The van der Waals surface area contributed by atoms with Gasteiger partial charge in [0, 0.05) is 38.6 Å². The third-order valence-corrected chi connectivity index (χ3v) is 7.45. The molecule has 1 aliphatic rings. The zero-order valence-electron chi connectivity index (χ0n) is 25.8. The molecule has 2 unspecified atom stereocenters. The van der Waals surface area contributed by atoms with Gasteiger partial charge in [0.15, 0.2) is 0 Å². The lowest BCUT2D eigenvalue weighted by molar-refractivity contribution is -0.155. The normalized spacial score (nSPS) is 15.0. The van der Waals surface area contributed by atoms with Crippen LogP contribution in [0.25, 0.3) is 0 Å². The number of ether oxygens (including phenoxy) is 3. The Hall–Kier alpha value is -3.96. The lowest BCUT2D eigenvalue weighted by Crippen LogP contribution is -2.50. The molecular formula is C33H46N4O7. The first kappa shape index (κ1) is 34.5. The number of nitrogens with one attached hydrogen (secondary N) is 2. The number of nitrogens with two attached hydrogens (primary N) is 1. The van der Waals surface area contributed by atoms with Crippen molar-refractivity contribution >= 4 is 23.8 Å². The molecule has 11 nitrogen and oxygen atoms in total. The van der Waals surface area contributed by atoms with Gasteiger partial charge in [0.2, 0.25) is 11.8 Å². The summed E-state index contributed by atoms with van der Waals surface area (Å²) in [5.41, 5.74) is 8.56. The molecule has 0 radical (unpaired) electrons. The van der Waals surface area contributed by atoms with E-state index in [0.717, 1.165) is 36.1 Å². The molecule has 2 amide bonds. The van der Waals surface area contributed by atoms with Gasteiger partial charge in [0.1, 0.15) is 24.3 Å². The topological polar surface area (TPSA) is 149 Å². The molecule has 11 heteroatoms. The van der Waals surface area contributed by atoms with E-state index in [9.17, 15) is 19.2 Å². The molecule has 240 valence electrons. The SMILES string of the molecule is CCOC(=O)CC(=O)N[C@H](CCC(=O)N1CCCCC1)C(=O)OC(CNCc1cccc(OC)c1)C(N)Cc1ccccc1. The lowest BCUT2D eigenvalue weighted by atomic mass is 10.0. The van der Waals surface area contributed by atoms with Crippen LogP contribution in [0.15, 0.2) is 54.6 Å². The molecular weight excluding hydrogens is 564 g/mol. The van der Waals surface area contributed by atoms with Gasteiger partial charge in [-0.1, -0.05) is 42.5 Å². The number of hydrogen-bond donors (Lipinski definition) is 3. The van der Waals surface area contributed by atoms with E-state index in [2.05, 4.69) is 10.6 Å². The van der Waals surface area contributed by atoms with Gasteiger partial charge in [-0.05, 0) is 62.3 Å². The molecule has 0 aliphatic carbocycles. The summed E-state index contributed by atoms with van der Waals surface area (Å²) in [6, 6.07) is 15.6. The summed E-state index contributed by atoms with van der Waals surface area (Å²) in [6.45, 7) is 3.85. The van der Waals surface area contributed by atoms with Crippen LogP contribution >= 0.6 is 0 Å². The molecule has 0 bridgehead atoms. The molecule has 1 aliphatic heterocycles. The van der Waals surface area contributed by atoms with Gasteiger partial charge in [-0.25, -0.2) is 4.79 Å². The highest BCUT2D eigenvalue weighted by molar-refractivity contribution is 5.96. The van der Waals surface area contributed by atoms with E-state index in [1.54, 1.807) is 18.9 Å². The van der Waals surface area contributed by atoms with Crippen LogP contribution in [0.1, 0.15) is 56.6 Å². The smallest absolute Gasteiger partial charge is 0.329 e. The molecule has 0 spiro atoms. The number of carbonyl (C=O) groups excluding carboxylic acids is 4. The van der Waals surface area contributed by atoms with E-state index in [0.29, 0.717) is 26.1 Å². The van der Waals surface area contributed by atoms with Crippen LogP contribution in [0.4, 0.5) is 0 Å². The third kappa shape index (κ3) is 12.0. The Morgan fingerprint density at radius 3 is 2.41 bits per heavy atom. The van der Waals surface area contributed by atoms with Gasteiger partial charge in [-0.3, -0.25) is 14.4 Å². The lowest BCUT2D eigenvalue weighted by Gasteiger charge is -2.29. The summed E-state index contributed by atoms with van der Waals surface area (Å²) in [7, 11) is 1.60.